The third kappa shape index (κ3) is 2.19. The average molecular weight is 204 g/mol. The van der Waals surface area contributed by atoms with E-state index in [0.717, 1.165) is 5.69 Å². The van der Waals surface area contributed by atoms with Crippen molar-refractivity contribution in [3.8, 4) is 5.69 Å². The summed E-state index contributed by atoms with van der Waals surface area (Å²) < 4.78 is 3.14. The molecule has 0 saturated carbocycles. The Balaban J connectivity index is 2.24. The predicted molar refractivity (Wildman–Crippen MR) is 51.4 cm³/mol. The lowest BCUT2D eigenvalue weighted by Crippen LogP contribution is -2.27. The van der Waals surface area contributed by atoms with Crippen molar-refractivity contribution in [2.75, 3.05) is 0 Å². The van der Waals surface area contributed by atoms with Gasteiger partial charge in [0.05, 0.1) is 0 Å². The minimum Gasteiger partial charge on any atom is -0.479 e. The van der Waals surface area contributed by atoms with Crippen LogP contribution in [-0.2, 0) is 11.3 Å². The van der Waals surface area contributed by atoms with Crippen LogP contribution in [0.1, 0.15) is 0 Å². The molecule has 1 N–H and O–H groups in total. The predicted octanol–water partition coefficient (Wildman–Crippen LogP) is 0.244. The van der Waals surface area contributed by atoms with Crippen molar-refractivity contribution in [1.82, 2.24) is 9.78 Å². The second kappa shape index (κ2) is 3.91. The molecular formula is C10H10N3O2+. The summed E-state index contributed by atoms with van der Waals surface area (Å²) in [7, 11) is 0. The molecule has 0 fully saturated rings. The maximum atomic E-state index is 10.4. The van der Waals surface area contributed by atoms with Crippen LogP contribution in [0.4, 0.5) is 0 Å². The Hall–Kier alpha value is -2.17. The fourth-order valence-corrected chi connectivity index (χ4v) is 1.28. The zero-order valence-electron chi connectivity index (χ0n) is 7.95. The quantitative estimate of drug-likeness (QED) is 0.729. The summed E-state index contributed by atoms with van der Waals surface area (Å²) in [4.78, 5) is 10.4. The molecule has 0 aliphatic heterocycles. The molecule has 0 atom stereocenters. The van der Waals surface area contributed by atoms with Crippen LogP contribution in [0.5, 0.6) is 0 Å². The molecule has 1 heterocycles. The summed E-state index contributed by atoms with van der Waals surface area (Å²) in [5.41, 5.74) is 0.953. The molecule has 0 bridgehead atoms. The van der Waals surface area contributed by atoms with Gasteiger partial charge in [-0.1, -0.05) is 18.2 Å². The maximum Gasteiger partial charge on any atom is 0.341 e. The van der Waals surface area contributed by atoms with Gasteiger partial charge < -0.3 is 5.11 Å². The fourth-order valence-electron chi connectivity index (χ4n) is 1.28. The van der Waals surface area contributed by atoms with Crippen molar-refractivity contribution >= 4 is 5.97 Å². The van der Waals surface area contributed by atoms with Crippen LogP contribution >= 0.6 is 0 Å². The zero-order valence-corrected chi connectivity index (χ0v) is 7.95. The van der Waals surface area contributed by atoms with E-state index in [-0.39, 0.29) is 6.54 Å². The highest BCUT2D eigenvalue weighted by Crippen LogP contribution is 1.96. The molecule has 0 spiro atoms. The second-order valence-corrected chi connectivity index (χ2v) is 3.08. The standard InChI is InChI=1S/C10H9N3O2/c14-10(15)6-13-8-12(7-11-13)9-4-2-1-3-5-9/h1-5,7-8H,6H2/p+1. The number of aliphatic carboxylic acids is 1. The van der Waals surface area contributed by atoms with Crippen molar-refractivity contribution in [1.29, 1.82) is 0 Å². The SMILES string of the molecule is O=C(O)Cn1c[n+](-c2ccccc2)cn1. The number of carboxylic acid groups (broad SMARTS) is 1. The van der Waals surface area contributed by atoms with Crippen LogP contribution in [0, 0.1) is 0 Å². The van der Waals surface area contributed by atoms with Crippen molar-refractivity contribution in [3.63, 3.8) is 0 Å². The number of hydrogen-bond donors (Lipinski definition) is 1. The molecular weight excluding hydrogens is 194 g/mol. The minimum absolute atomic E-state index is 0.125. The van der Waals surface area contributed by atoms with Gasteiger partial charge in [0.1, 0.15) is 5.69 Å². The Bertz CT molecular complexity index is 465. The van der Waals surface area contributed by atoms with E-state index in [1.807, 2.05) is 30.3 Å². The Morgan fingerprint density at radius 1 is 1.40 bits per heavy atom. The Morgan fingerprint density at radius 2 is 2.13 bits per heavy atom. The van der Waals surface area contributed by atoms with E-state index in [1.165, 1.54) is 4.68 Å². The first-order valence-corrected chi connectivity index (χ1v) is 4.46. The molecule has 0 radical (unpaired) electrons. The molecule has 0 amide bonds. The van der Waals surface area contributed by atoms with Gasteiger partial charge in [-0.15, -0.1) is 4.68 Å². The lowest BCUT2D eigenvalue weighted by atomic mass is 10.3. The molecule has 2 rings (SSSR count). The molecule has 1 aromatic carbocycles. The number of carbonyl (C=O) groups is 1. The van der Waals surface area contributed by atoms with E-state index >= 15 is 0 Å². The molecule has 15 heavy (non-hydrogen) atoms. The molecule has 5 nitrogen and oxygen atoms in total. The van der Waals surface area contributed by atoms with E-state index in [2.05, 4.69) is 5.10 Å². The van der Waals surface area contributed by atoms with Gasteiger partial charge in [0.2, 0.25) is 12.9 Å². The van der Waals surface area contributed by atoms with Crippen molar-refractivity contribution in [2.24, 2.45) is 0 Å². The van der Waals surface area contributed by atoms with Gasteiger partial charge in [0, 0.05) is 5.10 Å². The van der Waals surface area contributed by atoms with E-state index in [0.29, 0.717) is 0 Å². The Morgan fingerprint density at radius 3 is 2.80 bits per heavy atom. The Labute approximate surface area is 86.2 Å². The van der Waals surface area contributed by atoms with E-state index in [4.69, 9.17) is 5.11 Å². The molecule has 1 aromatic heterocycles. The van der Waals surface area contributed by atoms with Gasteiger partial charge in [0.15, 0.2) is 0 Å². The first-order valence-electron chi connectivity index (χ1n) is 4.46. The van der Waals surface area contributed by atoms with Crippen molar-refractivity contribution in [2.45, 2.75) is 6.54 Å². The van der Waals surface area contributed by atoms with E-state index in [1.54, 1.807) is 17.2 Å². The number of rotatable bonds is 3. The number of nitrogens with zero attached hydrogens (tertiary/aromatic N) is 3. The summed E-state index contributed by atoms with van der Waals surface area (Å²) in [5, 5.41) is 12.5. The number of benzene rings is 1. The van der Waals surface area contributed by atoms with E-state index in [9.17, 15) is 4.79 Å². The third-order valence-electron chi connectivity index (χ3n) is 1.93. The summed E-state index contributed by atoms with van der Waals surface area (Å²) in [6.07, 6.45) is 3.22. The van der Waals surface area contributed by atoms with Gasteiger partial charge in [0.25, 0.3) is 6.33 Å². The van der Waals surface area contributed by atoms with Gasteiger partial charge in [-0.2, -0.15) is 0 Å². The van der Waals surface area contributed by atoms with Crippen LogP contribution in [0.25, 0.3) is 5.69 Å². The highest BCUT2D eigenvalue weighted by molar-refractivity contribution is 5.66. The lowest BCUT2D eigenvalue weighted by Gasteiger charge is -1.92. The third-order valence-corrected chi connectivity index (χ3v) is 1.93. The number of para-hydroxylation sites is 1. The van der Waals surface area contributed by atoms with Gasteiger partial charge in [-0.25, -0.2) is 9.36 Å². The molecule has 0 aliphatic carbocycles. The monoisotopic (exact) mass is 204 g/mol. The van der Waals surface area contributed by atoms with Crippen LogP contribution in [0.2, 0.25) is 0 Å². The topological polar surface area (TPSA) is 59.0 Å². The number of aromatic nitrogens is 3. The molecule has 76 valence electrons. The average Bonchev–Trinajstić information content (AvgIpc) is 2.67. The van der Waals surface area contributed by atoms with Crippen LogP contribution in [0.15, 0.2) is 43.0 Å². The largest absolute Gasteiger partial charge is 0.479 e. The summed E-state index contributed by atoms with van der Waals surface area (Å²) in [6, 6.07) is 9.60. The van der Waals surface area contributed by atoms with Crippen molar-refractivity contribution in [3.05, 3.63) is 43.0 Å². The molecule has 2 aromatic rings. The van der Waals surface area contributed by atoms with Crippen LogP contribution in [-0.4, -0.2) is 20.9 Å². The van der Waals surface area contributed by atoms with Gasteiger partial charge in [-0.3, -0.25) is 0 Å². The minimum atomic E-state index is -0.904. The molecule has 5 heteroatoms. The normalized spacial score (nSPS) is 10.1. The van der Waals surface area contributed by atoms with Gasteiger partial charge >= 0.3 is 5.97 Å². The Kier molecular flexibility index (Phi) is 2.45. The molecule has 0 aliphatic rings. The van der Waals surface area contributed by atoms with E-state index < -0.39 is 5.97 Å². The van der Waals surface area contributed by atoms with Crippen LogP contribution < -0.4 is 4.57 Å². The highest BCUT2D eigenvalue weighted by atomic mass is 16.4. The summed E-state index contributed by atoms with van der Waals surface area (Å²) in [5.74, 6) is -0.904. The molecule has 0 unspecified atom stereocenters. The maximum absolute atomic E-state index is 10.4. The summed E-state index contributed by atoms with van der Waals surface area (Å²) >= 11 is 0. The first-order chi connectivity index (χ1) is 7.25. The lowest BCUT2D eigenvalue weighted by molar-refractivity contribution is -0.596. The second-order valence-electron chi connectivity index (χ2n) is 3.08. The number of carboxylic acids is 1. The van der Waals surface area contributed by atoms with Crippen molar-refractivity contribution < 1.29 is 14.5 Å². The zero-order chi connectivity index (χ0) is 10.7. The molecule has 0 saturated heterocycles. The fraction of sp³-hybridized carbons (Fsp3) is 0.100. The van der Waals surface area contributed by atoms with Gasteiger partial charge in [-0.05, 0) is 12.1 Å². The first kappa shape index (κ1) is 9.39. The smallest absolute Gasteiger partial charge is 0.341 e. The number of hydrogen-bond acceptors (Lipinski definition) is 2. The summed E-state index contributed by atoms with van der Waals surface area (Å²) in [6.45, 7) is -0.125. The van der Waals surface area contributed by atoms with Crippen LogP contribution in [0.3, 0.4) is 0 Å². The highest BCUT2D eigenvalue weighted by Gasteiger charge is 2.10.